The van der Waals surface area contributed by atoms with Crippen molar-refractivity contribution >= 4 is 22.8 Å². The van der Waals surface area contributed by atoms with Crippen LogP contribution in [0.15, 0.2) is 48.7 Å². The Morgan fingerprint density at radius 1 is 0.905 bits per heavy atom. The lowest BCUT2D eigenvalue weighted by atomic mass is 10.3. The Kier molecular flexibility index (Phi) is 4.31. The second-order valence-corrected chi connectivity index (χ2v) is 4.88. The van der Waals surface area contributed by atoms with Crippen LogP contribution in [0.3, 0.4) is 0 Å². The van der Waals surface area contributed by atoms with Gasteiger partial charge in [0.05, 0.1) is 11.0 Å². The average molecular weight is 281 g/mol. The van der Waals surface area contributed by atoms with Crippen molar-refractivity contribution in [3.05, 3.63) is 48.7 Å². The van der Waals surface area contributed by atoms with Crippen LogP contribution in [0.1, 0.15) is 12.8 Å². The highest BCUT2D eigenvalue weighted by Gasteiger charge is 2.00. The maximum atomic E-state index is 4.49. The zero-order valence-electron chi connectivity index (χ0n) is 11.8. The summed E-state index contributed by atoms with van der Waals surface area (Å²) in [6.45, 7) is 1.84. The Labute approximate surface area is 123 Å². The zero-order chi connectivity index (χ0) is 14.3. The second kappa shape index (κ2) is 6.74. The van der Waals surface area contributed by atoms with Crippen molar-refractivity contribution in [3.63, 3.8) is 0 Å². The highest BCUT2D eigenvalue weighted by atomic mass is 15.1. The number of H-pyrrole nitrogens is 1. The quantitative estimate of drug-likeness (QED) is 0.582. The van der Waals surface area contributed by atoms with E-state index in [0.29, 0.717) is 0 Å². The normalized spacial score (nSPS) is 10.7. The van der Waals surface area contributed by atoms with Gasteiger partial charge in [0.1, 0.15) is 5.82 Å². The molecule has 0 fully saturated rings. The minimum atomic E-state index is 0.842. The molecule has 3 N–H and O–H groups in total. The third-order valence-electron chi connectivity index (χ3n) is 3.26. The van der Waals surface area contributed by atoms with Gasteiger partial charge in [0, 0.05) is 19.3 Å². The van der Waals surface area contributed by atoms with E-state index in [2.05, 4.69) is 25.6 Å². The largest absolute Gasteiger partial charge is 0.370 e. The molecule has 0 aliphatic carbocycles. The van der Waals surface area contributed by atoms with Crippen molar-refractivity contribution in [2.24, 2.45) is 0 Å². The number of aromatic amines is 1. The zero-order valence-corrected chi connectivity index (χ0v) is 11.8. The first-order valence-corrected chi connectivity index (χ1v) is 7.25. The first-order valence-electron chi connectivity index (χ1n) is 7.25. The van der Waals surface area contributed by atoms with Crippen molar-refractivity contribution < 1.29 is 0 Å². The molecule has 108 valence electrons. The Balaban J connectivity index is 1.36. The van der Waals surface area contributed by atoms with Gasteiger partial charge < -0.3 is 15.6 Å². The second-order valence-electron chi connectivity index (χ2n) is 4.88. The van der Waals surface area contributed by atoms with Crippen molar-refractivity contribution in [3.8, 4) is 0 Å². The Morgan fingerprint density at radius 2 is 1.71 bits per heavy atom. The third kappa shape index (κ3) is 3.72. The number of para-hydroxylation sites is 2. The summed E-state index contributed by atoms with van der Waals surface area (Å²) in [5.74, 6) is 1.77. The third-order valence-corrected chi connectivity index (χ3v) is 3.26. The predicted octanol–water partition coefficient (Wildman–Crippen LogP) is 3.26. The van der Waals surface area contributed by atoms with Gasteiger partial charge >= 0.3 is 0 Å². The van der Waals surface area contributed by atoms with Crippen LogP contribution in [0.25, 0.3) is 11.0 Å². The number of benzene rings is 1. The minimum absolute atomic E-state index is 0.842. The van der Waals surface area contributed by atoms with Gasteiger partial charge in [0.2, 0.25) is 5.95 Å². The number of fused-ring (bicyclic) bond motifs is 1. The van der Waals surface area contributed by atoms with E-state index in [4.69, 9.17) is 0 Å². The lowest BCUT2D eigenvalue weighted by Crippen LogP contribution is -2.07. The number of nitrogens with zero attached hydrogens (tertiary/aromatic N) is 2. The fourth-order valence-corrected chi connectivity index (χ4v) is 2.18. The monoisotopic (exact) mass is 281 g/mol. The number of anilines is 2. The number of hydrogen-bond acceptors (Lipinski definition) is 4. The van der Waals surface area contributed by atoms with Crippen LogP contribution in [0, 0.1) is 0 Å². The molecule has 0 aliphatic heterocycles. The minimum Gasteiger partial charge on any atom is -0.370 e. The maximum absolute atomic E-state index is 4.49. The van der Waals surface area contributed by atoms with Gasteiger partial charge in [-0.15, -0.1) is 0 Å². The molecule has 2 aromatic heterocycles. The van der Waals surface area contributed by atoms with Crippen LogP contribution in [0.4, 0.5) is 11.8 Å². The molecule has 0 unspecified atom stereocenters. The number of aromatic nitrogens is 3. The van der Waals surface area contributed by atoms with E-state index < -0.39 is 0 Å². The molecule has 5 nitrogen and oxygen atoms in total. The molecule has 0 saturated heterocycles. The molecule has 3 rings (SSSR count). The number of unbranched alkanes of at least 4 members (excludes halogenated alkanes) is 1. The molecular weight excluding hydrogens is 262 g/mol. The summed E-state index contributed by atoms with van der Waals surface area (Å²) in [6.07, 6.45) is 3.96. The van der Waals surface area contributed by atoms with Crippen LogP contribution < -0.4 is 10.6 Å². The number of hydrogen-bond donors (Lipinski definition) is 3. The number of imidazole rings is 1. The van der Waals surface area contributed by atoms with Gasteiger partial charge in [0.25, 0.3) is 0 Å². The molecule has 2 heterocycles. The van der Waals surface area contributed by atoms with Crippen LogP contribution in [-0.4, -0.2) is 28.0 Å². The van der Waals surface area contributed by atoms with E-state index in [1.54, 1.807) is 6.20 Å². The molecule has 0 amide bonds. The Hall–Kier alpha value is -2.56. The van der Waals surface area contributed by atoms with Crippen molar-refractivity contribution in [1.82, 2.24) is 15.0 Å². The lowest BCUT2D eigenvalue weighted by Gasteiger charge is -2.05. The van der Waals surface area contributed by atoms with Crippen LogP contribution in [0.2, 0.25) is 0 Å². The van der Waals surface area contributed by atoms with Crippen molar-refractivity contribution in [2.45, 2.75) is 12.8 Å². The van der Waals surface area contributed by atoms with Crippen LogP contribution >= 0.6 is 0 Å². The SMILES string of the molecule is c1ccc(NCCCCNc2nc3ccccc3[nH]2)nc1. The predicted molar refractivity (Wildman–Crippen MR) is 86.5 cm³/mol. The van der Waals surface area contributed by atoms with Gasteiger partial charge in [0.15, 0.2) is 0 Å². The molecule has 0 aliphatic rings. The molecular formula is C16H19N5. The molecule has 0 spiro atoms. The van der Waals surface area contributed by atoms with Gasteiger partial charge in [-0.05, 0) is 37.1 Å². The van der Waals surface area contributed by atoms with Gasteiger partial charge in [-0.25, -0.2) is 9.97 Å². The Morgan fingerprint density at radius 3 is 2.52 bits per heavy atom. The smallest absolute Gasteiger partial charge is 0.201 e. The first-order chi connectivity index (χ1) is 10.4. The highest BCUT2D eigenvalue weighted by molar-refractivity contribution is 5.77. The van der Waals surface area contributed by atoms with E-state index in [-0.39, 0.29) is 0 Å². The molecule has 3 aromatic rings. The number of pyridine rings is 1. The highest BCUT2D eigenvalue weighted by Crippen LogP contribution is 2.13. The maximum Gasteiger partial charge on any atom is 0.201 e. The summed E-state index contributed by atoms with van der Waals surface area (Å²) >= 11 is 0. The number of rotatable bonds is 7. The fraction of sp³-hybridized carbons (Fsp3) is 0.250. The summed E-state index contributed by atoms with van der Waals surface area (Å²) in [5, 5.41) is 6.63. The van der Waals surface area contributed by atoms with Crippen molar-refractivity contribution in [1.29, 1.82) is 0 Å². The standard InChI is InChI=1S/C16H19N5/c1-2-8-14-13(7-1)20-16(21-14)19-12-6-5-11-18-15-9-3-4-10-17-15/h1-4,7-10H,5-6,11-12H2,(H,17,18)(H2,19,20,21). The van der Waals surface area contributed by atoms with E-state index in [9.17, 15) is 0 Å². The lowest BCUT2D eigenvalue weighted by molar-refractivity contribution is 0.790. The molecule has 0 saturated carbocycles. The summed E-state index contributed by atoms with van der Waals surface area (Å²) < 4.78 is 0. The summed E-state index contributed by atoms with van der Waals surface area (Å²) in [4.78, 5) is 12.0. The van der Waals surface area contributed by atoms with Gasteiger partial charge in [-0.1, -0.05) is 18.2 Å². The van der Waals surface area contributed by atoms with E-state index >= 15 is 0 Å². The van der Waals surface area contributed by atoms with Crippen molar-refractivity contribution in [2.75, 3.05) is 23.7 Å². The summed E-state index contributed by atoms with van der Waals surface area (Å²) in [6, 6.07) is 13.9. The summed E-state index contributed by atoms with van der Waals surface area (Å²) in [7, 11) is 0. The molecule has 0 bridgehead atoms. The number of nitrogens with one attached hydrogen (secondary N) is 3. The van der Waals surface area contributed by atoms with Crippen LogP contribution in [0.5, 0.6) is 0 Å². The van der Waals surface area contributed by atoms with Gasteiger partial charge in [-0.3, -0.25) is 0 Å². The molecule has 1 aromatic carbocycles. The average Bonchev–Trinajstić information content (AvgIpc) is 2.94. The van der Waals surface area contributed by atoms with Crippen LogP contribution in [-0.2, 0) is 0 Å². The fourth-order valence-electron chi connectivity index (χ4n) is 2.18. The first kappa shape index (κ1) is 13.4. The Bertz CT molecular complexity index is 644. The molecule has 5 heteroatoms. The van der Waals surface area contributed by atoms with E-state index in [1.165, 1.54) is 0 Å². The van der Waals surface area contributed by atoms with Gasteiger partial charge in [-0.2, -0.15) is 0 Å². The van der Waals surface area contributed by atoms with E-state index in [0.717, 1.165) is 48.7 Å². The topological polar surface area (TPSA) is 65.6 Å². The molecule has 0 atom stereocenters. The molecule has 0 radical (unpaired) electrons. The van der Waals surface area contributed by atoms with E-state index in [1.807, 2.05) is 42.5 Å². The molecule has 21 heavy (non-hydrogen) atoms. The summed E-state index contributed by atoms with van der Waals surface area (Å²) in [5.41, 5.74) is 2.06.